The lowest BCUT2D eigenvalue weighted by molar-refractivity contribution is -0.139. The summed E-state index contributed by atoms with van der Waals surface area (Å²) < 4.78 is -0.425. The van der Waals surface area contributed by atoms with E-state index in [1.807, 2.05) is 32.9 Å². The molecule has 0 aromatic heterocycles. The molecule has 0 heterocycles. The first-order chi connectivity index (χ1) is 5.91. The van der Waals surface area contributed by atoms with Crippen molar-refractivity contribution in [2.24, 2.45) is 5.73 Å². The van der Waals surface area contributed by atoms with Crippen LogP contribution in [-0.4, -0.2) is 27.6 Å². The Morgan fingerprint density at radius 2 is 2.23 bits per heavy atom. The van der Waals surface area contributed by atoms with Crippen LogP contribution in [0.1, 0.15) is 20.8 Å². The molecule has 1 atom stereocenters. The average Bonchev–Trinajstić information content (AvgIpc) is 2.03. The zero-order valence-corrected chi connectivity index (χ0v) is 9.10. The fourth-order valence-electron chi connectivity index (χ4n) is 0.746. The van der Waals surface area contributed by atoms with Crippen molar-refractivity contribution in [3.8, 4) is 0 Å². The number of thioether (sulfide) groups is 1. The maximum Gasteiger partial charge on any atom is 0.321 e. The summed E-state index contributed by atoms with van der Waals surface area (Å²) in [6.07, 6.45) is 3.93. The summed E-state index contributed by atoms with van der Waals surface area (Å²) in [4.78, 5) is 10.6. The molecule has 0 saturated carbocycles. The second-order valence-electron chi connectivity index (χ2n) is 3.30. The maximum atomic E-state index is 10.6. The number of carboxylic acids is 1. The van der Waals surface area contributed by atoms with Crippen LogP contribution < -0.4 is 5.73 Å². The van der Waals surface area contributed by atoms with Gasteiger partial charge in [-0.2, -0.15) is 0 Å². The Hall–Kier alpha value is -0.480. The Kier molecular flexibility index (Phi) is 5.10. The SMILES string of the molecule is C/C=C/CSC(C)(C)[C@@H](N)C(=O)O. The highest BCUT2D eigenvalue weighted by Gasteiger charge is 2.31. The van der Waals surface area contributed by atoms with Gasteiger partial charge in [0.2, 0.25) is 0 Å². The van der Waals surface area contributed by atoms with Crippen LogP contribution in [0.15, 0.2) is 12.2 Å². The van der Waals surface area contributed by atoms with E-state index >= 15 is 0 Å². The Labute approximate surface area is 83.4 Å². The van der Waals surface area contributed by atoms with E-state index in [4.69, 9.17) is 10.8 Å². The molecule has 0 aliphatic carbocycles. The summed E-state index contributed by atoms with van der Waals surface area (Å²) in [5.41, 5.74) is 5.53. The van der Waals surface area contributed by atoms with Gasteiger partial charge in [-0.25, -0.2) is 0 Å². The van der Waals surface area contributed by atoms with Crippen molar-refractivity contribution in [2.45, 2.75) is 31.6 Å². The number of carboxylic acid groups (broad SMARTS) is 1. The van der Waals surface area contributed by atoms with E-state index in [-0.39, 0.29) is 0 Å². The van der Waals surface area contributed by atoms with Gasteiger partial charge in [-0.15, -0.1) is 11.8 Å². The van der Waals surface area contributed by atoms with Gasteiger partial charge < -0.3 is 10.8 Å². The van der Waals surface area contributed by atoms with Crippen LogP contribution in [0.5, 0.6) is 0 Å². The van der Waals surface area contributed by atoms with Gasteiger partial charge in [-0.1, -0.05) is 12.2 Å². The van der Waals surface area contributed by atoms with Gasteiger partial charge in [0.15, 0.2) is 0 Å². The highest BCUT2D eigenvalue weighted by molar-refractivity contribution is 8.00. The van der Waals surface area contributed by atoms with Crippen LogP contribution >= 0.6 is 11.8 Å². The quantitative estimate of drug-likeness (QED) is 0.664. The molecule has 3 N–H and O–H groups in total. The first-order valence-corrected chi connectivity index (χ1v) is 5.14. The first-order valence-electron chi connectivity index (χ1n) is 4.15. The zero-order valence-electron chi connectivity index (χ0n) is 8.28. The molecule has 0 bridgehead atoms. The summed E-state index contributed by atoms with van der Waals surface area (Å²) in [5.74, 6) is -0.150. The molecule has 0 aromatic rings. The molecule has 0 spiro atoms. The largest absolute Gasteiger partial charge is 0.480 e. The predicted octanol–water partition coefficient (Wildman–Crippen LogP) is 1.49. The van der Waals surface area contributed by atoms with Gasteiger partial charge in [0, 0.05) is 10.5 Å². The van der Waals surface area contributed by atoms with Gasteiger partial charge in [0.05, 0.1) is 0 Å². The highest BCUT2D eigenvalue weighted by Crippen LogP contribution is 2.27. The van der Waals surface area contributed by atoms with Crippen LogP contribution in [0.25, 0.3) is 0 Å². The summed E-state index contributed by atoms with van der Waals surface area (Å²) in [6.45, 7) is 5.63. The normalized spacial score (nSPS) is 14.8. The third-order valence-electron chi connectivity index (χ3n) is 1.80. The molecule has 0 rings (SSSR count). The average molecular weight is 203 g/mol. The minimum absolute atomic E-state index is 0.425. The van der Waals surface area contributed by atoms with Crippen molar-refractivity contribution in [1.82, 2.24) is 0 Å². The van der Waals surface area contributed by atoms with Gasteiger partial charge in [-0.05, 0) is 20.8 Å². The number of allylic oxidation sites excluding steroid dienone is 1. The summed E-state index contributed by atoms with van der Waals surface area (Å²) >= 11 is 1.55. The molecule has 0 aliphatic rings. The van der Waals surface area contributed by atoms with Crippen LogP contribution in [0.2, 0.25) is 0 Å². The second kappa shape index (κ2) is 5.29. The molecule has 13 heavy (non-hydrogen) atoms. The molecule has 76 valence electrons. The van der Waals surface area contributed by atoms with E-state index in [2.05, 4.69) is 0 Å². The van der Waals surface area contributed by atoms with Crippen LogP contribution in [0, 0.1) is 0 Å². The van der Waals surface area contributed by atoms with Crippen molar-refractivity contribution in [3.05, 3.63) is 12.2 Å². The third kappa shape index (κ3) is 4.33. The number of carbonyl (C=O) groups is 1. The standard InChI is InChI=1S/C9H17NO2S/c1-4-5-6-13-9(2,3)7(10)8(11)12/h4-5,7H,6,10H2,1-3H3,(H,11,12)/b5-4+/t7-/m0/s1. The zero-order chi connectivity index (χ0) is 10.5. The van der Waals surface area contributed by atoms with E-state index in [0.717, 1.165) is 5.75 Å². The molecular weight excluding hydrogens is 186 g/mol. The monoisotopic (exact) mass is 203 g/mol. The number of hydrogen-bond donors (Lipinski definition) is 2. The number of hydrogen-bond acceptors (Lipinski definition) is 3. The Morgan fingerprint density at radius 3 is 2.62 bits per heavy atom. The lowest BCUT2D eigenvalue weighted by Gasteiger charge is -2.27. The lowest BCUT2D eigenvalue weighted by atomic mass is 10.1. The van der Waals surface area contributed by atoms with Gasteiger partial charge in [-0.3, -0.25) is 4.79 Å². The van der Waals surface area contributed by atoms with Crippen LogP contribution in [-0.2, 0) is 4.79 Å². The topological polar surface area (TPSA) is 63.3 Å². The summed E-state index contributed by atoms with van der Waals surface area (Å²) in [7, 11) is 0. The van der Waals surface area contributed by atoms with Crippen molar-refractivity contribution in [3.63, 3.8) is 0 Å². The molecule has 3 nitrogen and oxygen atoms in total. The fraction of sp³-hybridized carbons (Fsp3) is 0.667. The van der Waals surface area contributed by atoms with Gasteiger partial charge in [0.25, 0.3) is 0 Å². The molecule has 0 unspecified atom stereocenters. The molecule has 0 aromatic carbocycles. The fourth-order valence-corrected chi connectivity index (χ4v) is 1.74. The highest BCUT2D eigenvalue weighted by atomic mass is 32.2. The maximum absolute atomic E-state index is 10.6. The molecule has 0 radical (unpaired) electrons. The Bertz CT molecular complexity index is 202. The first kappa shape index (κ1) is 12.5. The van der Waals surface area contributed by atoms with E-state index < -0.39 is 16.8 Å². The van der Waals surface area contributed by atoms with Crippen LogP contribution in [0.3, 0.4) is 0 Å². The molecular formula is C9H17NO2S. The van der Waals surface area contributed by atoms with Gasteiger partial charge >= 0.3 is 5.97 Å². The number of rotatable bonds is 5. The van der Waals surface area contributed by atoms with E-state index in [0.29, 0.717) is 0 Å². The number of nitrogens with two attached hydrogens (primary N) is 1. The van der Waals surface area contributed by atoms with Crippen molar-refractivity contribution in [1.29, 1.82) is 0 Å². The Balaban J connectivity index is 4.13. The Morgan fingerprint density at radius 1 is 1.69 bits per heavy atom. The van der Waals surface area contributed by atoms with Crippen molar-refractivity contribution < 1.29 is 9.90 Å². The molecule has 0 aliphatic heterocycles. The predicted molar refractivity (Wildman–Crippen MR) is 57.0 cm³/mol. The van der Waals surface area contributed by atoms with Crippen LogP contribution in [0.4, 0.5) is 0 Å². The molecule has 0 saturated heterocycles. The molecule has 0 fully saturated rings. The summed E-state index contributed by atoms with van der Waals surface area (Å²) in [5, 5.41) is 8.72. The third-order valence-corrected chi connectivity index (χ3v) is 3.16. The van der Waals surface area contributed by atoms with Crippen molar-refractivity contribution >= 4 is 17.7 Å². The van der Waals surface area contributed by atoms with E-state index in [9.17, 15) is 4.79 Å². The number of aliphatic carboxylic acids is 1. The van der Waals surface area contributed by atoms with E-state index in [1.54, 1.807) is 11.8 Å². The minimum Gasteiger partial charge on any atom is -0.480 e. The second-order valence-corrected chi connectivity index (χ2v) is 4.97. The smallest absolute Gasteiger partial charge is 0.321 e. The van der Waals surface area contributed by atoms with Crippen molar-refractivity contribution in [2.75, 3.05) is 5.75 Å². The summed E-state index contributed by atoms with van der Waals surface area (Å²) in [6, 6.07) is -0.817. The minimum atomic E-state index is -0.946. The van der Waals surface area contributed by atoms with E-state index in [1.165, 1.54) is 0 Å². The molecule has 0 amide bonds. The molecule has 4 heteroatoms. The van der Waals surface area contributed by atoms with Gasteiger partial charge in [0.1, 0.15) is 6.04 Å². The lowest BCUT2D eigenvalue weighted by Crippen LogP contribution is -2.46.